The van der Waals surface area contributed by atoms with Crippen molar-refractivity contribution in [1.82, 2.24) is 0 Å². The Morgan fingerprint density at radius 3 is 2.33 bits per heavy atom. The zero-order valence-electron chi connectivity index (χ0n) is 16.8. The SMILES string of the molecule is COc1ccc(C(=O)Nc2ccc(Sc3cc(C)ccc3C)cc2)cc1S(N)(=O)=O. The van der Waals surface area contributed by atoms with Gasteiger partial charge in [-0.25, -0.2) is 13.6 Å². The van der Waals surface area contributed by atoms with Crippen molar-refractivity contribution in [1.29, 1.82) is 0 Å². The number of hydrogen-bond donors (Lipinski definition) is 2. The third-order valence-electron chi connectivity index (χ3n) is 4.42. The fourth-order valence-electron chi connectivity index (χ4n) is 2.79. The largest absolute Gasteiger partial charge is 0.495 e. The highest BCUT2D eigenvalue weighted by Gasteiger charge is 2.18. The van der Waals surface area contributed by atoms with Crippen LogP contribution in [0.3, 0.4) is 0 Å². The smallest absolute Gasteiger partial charge is 0.255 e. The number of sulfonamides is 1. The first kappa shape index (κ1) is 21.9. The molecule has 0 unspecified atom stereocenters. The van der Waals surface area contributed by atoms with Crippen molar-refractivity contribution in [3.8, 4) is 5.75 Å². The Labute approximate surface area is 180 Å². The maximum Gasteiger partial charge on any atom is 0.255 e. The van der Waals surface area contributed by atoms with Crippen molar-refractivity contribution in [3.05, 3.63) is 77.4 Å². The van der Waals surface area contributed by atoms with Crippen molar-refractivity contribution in [2.75, 3.05) is 12.4 Å². The molecule has 0 saturated heterocycles. The number of methoxy groups -OCH3 is 1. The predicted molar refractivity (Wildman–Crippen MR) is 119 cm³/mol. The van der Waals surface area contributed by atoms with Gasteiger partial charge in [0.25, 0.3) is 5.91 Å². The topological polar surface area (TPSA) is 98.5 Å². The zero-order chi connectivity index (χ0) is 21.9. The highest BCUT2D eigenvalue weighted by Crippen LogP contribution is 2.32. The summed E-state index contributed by atoms with van der Waals surface area (Å²) >= 11 is 1.65. The van der Waals surface area contributed by atoms with Crippen molar-refractivity contribution in [2.24, 2.45) is 5.14 Å². The Balaban J connectivity index is 1.75. The molecule has 3 aromatic carbocycles. The molecule has 0 saturated carbocycles. The van der Waals surface area contributed by atoms with Crippen molar-refractivity contribution in [3.63, 3.8) is 0 Å². The second-order valence-corrected chi connectivity index (χ2v) is 9.41. The monoisotopic (exact) mass is 442 g/mol. The molecule has 156 valence electrons. The minimum absolute atomic E-state index is 0.0851. The van der Waals surface area contributed by atoms with Crippen LogP contribution in [0.25, 0.3) is 0 Å². The molecule has 0 fully saturated rings. The predicted octanol–water partition coefficient (Wildman–Crippen LogP) is 4.36. The van der Waals surface area contributed by atoms with Gasteiger partial charge in [0.05, 0.1) is 7.11 Å². The molecule has 0 aliphatic heterocycles. The number of hydrogen-bond acceptors (Lipinski definition) is 5. The second kappa shape index (κ2) is 8.91. The van der Waals surface area contributed by atoms with Gasteiger partial charge < -0.3 is 10.1 Å². The van der Waals surface area contributed by atoms with E-state index in [1.807, 2.05) is 12.1 Å². The van der Waals surface area contributed by atoms with Crippen LogP contribution in [-0.4, -0.2) is 21.4 Å². The normalized spacial score (nSPS) is 11.2. The molecule has 1 amide bonds. The van der Waals surface area contributed by atoms with E-state index < -0.39 is 15.9 Å². The lowest BCUT2D eigenvalue weighted by Crippen LogP contribution is -2.16. The van der Waals surface area contributed by atoms with Crippen LogP contribution in [0.4, 0.5) is 5.69 Å². The molecule has 0 aromatic heterocycles. The molecule has 3 rings (SSSR count). The Bertz CT molecular complexity index is 1190. The van der Waals surface area contributed by atoms with Crippen LogP contribution < -0.4 is 15.2 Å². The maximum atomic E-state index is 12.6. The summed E-state index contributed by atoms with van der Waals surface area (Å²) < 4.78 is 28.5. The Kier molecular flexibility index (Phi) is 6.50. The number of nitrogens with one attached hydrogen (secondary N) is 1. The number of anilines is 1. The Hall–Kier alpha value is -2.81. The molecule has 3 aromatic rings. The Morgan fingerprint density at radius 2 is 1.70 bits per heavy atom. The van der Waals surface area contributed by atoms with E-state index in [1.54, 1.807) is 23.9 Å². The average Bonchev–Trinajstić information content (AvgIpc) is 2.71. The van der Waals surface area contributed by atoms with Crippen LogP contribution in [0.15, 0.2) is 75.4 Å². The van der Waals surface area contributed by atoms with Gasteiger partial charge in [0.2, 0.25) is 10.0 Å². The highest BCUT2D eigenvalue weighted by atomic mass is 32.2. The number of aryl methyl sites for hydroxylation is 2. The fraction of sp³-hybridized carbons (Fsp3) is 0.136. The summed E-state index contributed by atoms with van der Waals surface area (Å²) in [4.78, 5) is 14.5. The van der Waals surface area contributed by atoms with Gasteiger partial charge >= 0.3 is 0 Å². The summed E-state index contributed by atoms with van der Waals surface area (Å²) in [7, 11) is -2.69. The summed E-state index contributed by atoms with van der Waals surface area (Å²) in [6.45, 7) is 4.13. The molecule has 8 heteroatoms. The van der Waals surface area contributed by atoms with E-state index in [0.717, 1.165) is 4.90 Å². The summed E-state index contributed by atoms with van der Waals surface area (Å²) in [6.07, 6.45) is 0. The number of ether oxygens (including phenoxy) is 1. The first-order valence-corrected chi connectivity index (χ1v) is 11.4. The molecule has 3 N–H and O–H groups in total. The van der Waals surface area contributed by atoms with Gasteiger partial charge in [-0.2, -0.15) is 0 Å². The van der Waals surface area contributed by atoms with Gasteiger partial charge in [-0.15, -0.1) is 0 Å². The molecule has 0 heterocycles. The van der Waals surface area contributed by atoms with Crippen molar-refractivity contribution >= 4 is 33.4 Å². The average molecular weight is 443 g/mol. The number of rotatable bonds is 6. The van der Waals surface area contributed by atoms with Gasteiger partial charge in [0, 0.05) is 21.0 Å². The lowest BCUT2D eigenvalue weighted by molar-refractivity contribution is 0.102. The van der Waals surface area contributed by atoms with Crippen molar-refractivity contribution in [2.45, 2.75) is 28.5 Å². The molecule has 0 atom stereocenters. The summed E-state index contributed by atoms with van der Waals surface area (Å²) in [5.74, 6) is -0.362. The van der Waals surface area contributed by atoms with Crippen LogP contribution in [0, 0.1) is 13.8 Å². The molecule has 0 radical (unpaired) electrons. The van der Waals surface area contributed by atoms with Crippen LogP contribution in [0.5, 0.6) is 5.75 Å². The number of benzene rings is 3. The van der Waals surface area contributed by atoms with Gasteiger partial charge in [0.15, 0.2) is 0 Å². The van der Waals surface area contributed by atoms with Crippen LogP contribution in [-0.2, 0) is 10.0 Å². The molecule has 0 aliphatic carbocycles. The summed E-state index contributed by atoms with van der Waals surface area (Å²) in [5, 5.41) is 7.97. The first-order chi connectivity index (χ1) is 14.2. The number of primary sulfonamides is 1. The van der Waals surface area contributed by atoms with Crippen LogP contribution in [0.1, 0.15) is 21.5 Å². The zero-order valence-corrected chi connectivity index (χ0v) is 18.4. The summed E-state index contributed by atoms with van der Waals surface area (Å²) in [5.41, 5.74) is 3.16. The summed E-state index contributed by atoms with van der Waals surface area (Å²) in [6, 6.07) is 17.8. The molecular formula is C22H22N2O4S2. The van der Waals surface area contributed by atoms with E-state index in [9.17, 15) is 13.2 Å². The van der Waals surface area contributed by atoms with Gasteiger partial charge in [-0.05, 0) is 73.5 Å². The third-order valence-corrected chi connectivity index (χ3v) is 6.52. The molecule has 6 nitrogen and oxygen atoms in total. The lowest BCUT2D eigenvalue weighted by atomic mass is 10.2. The van der Waals surface area contributed by atoms with E-state index >= 15 is 0 Å². The number of carbonyl (C=O) groups excluding carboxylic acids is 1. The standard InChI is InChI=1S/C22H22N2O4S2/c1-14-4-5-15(2)20(12-14)29-18-9-7-17(8-10-18)24-22(25)16-6-11-19(28-3)21(13-16)30(23,26)27/h4-13H,1-3H3,(H,24,25)(H2,23,26,27). The Morgan fingerprint density at radius 1 is 1.00 bits per heavy atom. The highest BCUT2D eigenvalue weighted by molar-refractivity contribution is 7.99. The molecule has 0 spiro atoms. The molecule has 0 bridgehead atoms. The molecule has 30 heavy (non-hydrogen) atoms. The van der Waals surface area contributed by atoms with E-state index in [0.29, 0.717) is 5.69 Å². The van der Waals surface area contributed by atoms with E-state index in [1.165, 1.54) is 41.3 Å². The van der Waals surface area contributed by atoms with Crippen LogP contribution in [0.2, 0.25) is 0 Å². The van der Waals surface area contributed by atoms with Crippen molar-refractivity contribution < 1.29 is 17.9 Å². The quantitative estimate of drug-likeness (QED) is 0.591. The molecular weight excluding hydrogens is 420 g/mol. The third kappa shape index (κ3) is 5.21. The maximum absolute atomic E-state index is 12.6. The number of amides is 1. The van der Waals surface area contributed by atoms with Gasteiger partial charge in [0.1, 0.15) is 10.6 Å². The van der Waals surface area contributed by atoms with E-state index in [2.05, 4.69) is 37.4 Å². The number of nitrogens with two attached hydrogens (primary N) is 1. The van der Waals surface area contributed by atoms with Gasteiger partial charge in [-0.1, -0.05) is 23.9 Å². The van der Waals surface area contributed by atoms with Crippen LogP contribution >= 0.6 is 11.8 Å². The second-order valence-electron chi connectivity index (χ2n) is 6.76. The fourth-order valence-corrected chi connectivity index (χ4v) is 4.52. The number of carbonyl (C=O) groups is 1. The van der Waals surface area contributed by atoms with E-state index in [4.69, 9.17) is 9.88 Å². The first-order valence-electron chi connectivity index (χ1n) is 9.05. The van der Waals surface area contributed by atoms with Gasteiger partial charge in [-0.3, -0.25) is 4.79 Å². The lowest BCUT2D eigenvalue weighted by Gasteiger charge is -2.11. The molecule has 0 aliphatic rings. The minimum atomic E-state index is -4.02. The minimum Gasteiger partial charge on any atom is -0.495 e. The van der Waals surface area contributed by atoms with E-state index in [-0.39, 0.29) is 16.2 Å².